The van der Waals surface area contributed by atoms with Gasteiger partial charge in [-0.25, -0.2) is 9.29 Å². The number of anilines is 2. The summed E-state index contributed by atoms with van der Waals surface area (Å²) >= 11 is 5.74. The molecule has 0 radical (unpaired) electrons. The van der Waals surface area contributed by atoms with E-state index in [1.165, 1.54) is 36.4 Å². The Balaban J connectivity index is 1.67. The Bertz CT molecular complexity index is 1240. The van der Waals surface area contributed by atoms with Crippen molar-refractivity contribution in [2.24, 2.45) is 0 Å². The van der Waals surface area contributed by atoms with Crippen molar-refractivity contribution in [3.63, 3.8) is 0 Å². The SMILES string of the molecule is Cc1ccc(C)c(N2C(=O)c3ccc(C(=O)Nc4cccc(Cl)c4F)cc3C2=O)c1. The van der Waals surface area contributed by atoms with E-state index in [4.69, 9.17) is 11.6 Å². The van der Waals surface area contributed by atoms with Crippen LogP contribution in [0, 0.1) is 19.7 Å². The molecule has 0 spiro atoms. The second-order valence-electron chi connectivity index (χ2n) is 7.05. The number of aryl methyl sites for hydroxylation is 2. The molecule has 3 amide bonds. The van der Waals surface area contributed by atoms with Gasteiger partial charge in [-0.15, -0.1) is 0 Å². The molecule has 0 bridgehead atoms. The van der Waals surface area contributed by atoms with E-state index < -0.39 is 23.5 Å². The smallest absolute Gasteiger partial charge is 0.266 e. The van der Waals surface area contributed by atoms with E-state index in [1.807, 2.05) is 26.0 Å². The highest BCUT2D eigenvalue weighted by molar-refractivity contribution is 6.35. The first-order chi connectivity index (χ1) is 14.3. The number of fused-ring (bicyclic) bond motifs is 1. The van der Waals surface area contributed by atoms with Crippen LogP contribution in [0.15, 0.2) is 54.6 Å². The van der Waals surface area contributed by atoms with Crippen LogP contribution in [0.3, 0.4) is 0 Å². The normalized spacial score (nSPS) is 12.9. The molecule has 0 unspecified atom stereocenters. The van der Waals surface area contributed by atoms with E-state index in [1.54, 1.807) is 6.07 Å². The van der Waals surface area contributed by atoms with Crippen LogP contribution >= 0.6 is 11.6 Å². The topological polar surface area (TPSA) is 66.5 Å². The highest BCUT2D eigenvalue weighted by Crippen LogP contribution is 2.32. The molecule has 0 fully saturated rings. The molecule has 1 N–H and O–H groups in total. The van der Waals surface area contributed by atoms with Crippen molar-refractivity contribution >= 4 is 40.7 Å². The fraction of sp³-hybridized carbons (Fsp3) is 0.0870. The van der Waals surface area contributed by atoms with Gasteiger partial charge in [0.1, 0.15) is 0 Å². The number of benzene rings is 3. The van der Waals surface area contributed by atoms with Gasteiger partial charge in [-0.1, -0.05) is 29.8 Å². The molecule has 150 valence electrons. The average Bonchev–Trinajstić information content (AvgIpc) is 2.97. The number of imide groups is 1. The summed E-state index contributed by atoms with van der Waals surface area (Å²) < 4.78 is 14.1. The molecular weight excluding hydrogens is 407 g/mol. The monoisotopic (exact) mass is 422 g/mol. The van der Waals surface area contributed by atoms with Gasteiger partial charge in [0.25, 0.3) is 17.7 Å². The average molecular weight is 423 g/mol. The van der Waals surface area contributed by atoms with Crippen LogP contribution in [-0.4, -0.2) is 17.7 Å². The van der Waals surface area contributed by atoms with Crippen molar-refractivity contribution < 1.29 is 18.8 Å². The highest BCUT2D eigenvalue weighted by Gasteiger charge is 2.37. The molecule has 7 heteroatoms. The Morgan fingerprint density at radius 1 is 0.967 bits per heavy atom. The zero-order valence-corrected chi connectivity index (χ0v) is 16.9. The Morgan fingerprint density at radius 2 is 1.70 bits per heavy atom. The number of carbonyl (C=O) groups is 3. The Hall–Kier alpha value is -3.51. The Labute approximate surface area is 177 Å². The third kappa shape index (κ3) is 3.25. The molecule has 3 aromatic carbocycles. The zero-order chi connectivity index (χ0) is 21.6. The van der Waals surface area contributed by atoms with Gasteiger partial charge in [-0.3, -0.25) is 14.4 Å². The third-order valence-electron chi connectivity index (χ3n) is 4.95. The van der Waals surface area contributed by atoms with Gasteiger partial charge in [0, 0.05) is 5.56 Å². The largest absolute Gasteiger partial charge is 0.319 e. The summed E-state index contributed by atoms with van der Waals surface area (Å²) in [6, 6.07) is 14.0. The van der Waals surface area contributed by atoms with Gasteiger partial charge in [-0.05, 0) is 61.4 Å². The lowest BCUT2D eigenvalue weighted by atomic mass is 10.1. The fourth-order valence-corrected chi connectivity index (χ4v) is 3.53. The fourth-order valence-electron chi connectivity index (χ4n) is 3.36. The maximum atomic E-state index is 14.1. The highest BCUT2D eigenvalue weighted by atomic mass is 35.5. The molecule has 4 rings (SSSR count). The first-order valence-electron chi connectivity index (χ1n) is 9.13. The molecule has 5 nitrogen and oxygen atoms in total. The van der Waals surface area contributed by atoms with Gasteiger partial charge in [0.2, 0.25) is 0 Å². The van der Waals surface area contributed by atoms with E-state index in [0.717, 1.165) is 16.0 Å². The zero-order valence-electron chi connectivity index (χ0n) is 16.1. The predicted molar refractivity (Wildman–Crippen MR) is 113 cm³/mol. The number of carbonyl (C=O) groups excluding carboxylic acids is 3. The molecule has 1 aliphatic heterocycles. The summed E-state index contributed by atoms with van der Waals surface area (Å²) in [6.07, 6.45) is 0. The van der Waals surface area contributed by atoms with E-state index >= 15 is 0 Å². The predicted octanol–water partition coefficient (Wildman–Crippen LogP) is 5.15. The molecule has 0 saturated carbocycles. The van der Waals surface area contributed by atoms with Crippen LogP contribution in [0.5, 0.6) is 0 Å². The van der Waals surface area contributed by atoms with E-state index in [9.17, 15) is 18.8 Å². The summed E-state index contributed by atoms with van der Waals surface area (Å²) in [5.74, 6) is -2.32. The molecule has 1 aliphatic rings. The van der Waals surface area contributed by atoms with Crippen LogP contribution in [0.1, 0.15) is 42.2 Å². The minimum Gasteiger partial charge on any atom is -0.319 e. The summed E-state index contributed by atoms with van der Waals surface area (Å²) in [7, 11) is 0. The quantitative estimate of drug-likeness (QED) is 0.593. The minimum absolute atomic E-state index is 0.0765. The van der Waals surface area contributed by atoms with E-state index in [-0.39, 0.29) is 27.4 Å². The van der Waals surface area contributed by atoms with E-state index in [2.05, 4.69) is 5.32 Å². The first-order valence-corrected chi connectivity index (χ1v) is 9.51. The Morgan fingerprint density at radius 3 is 2.47 bits per heavy atom. The second-order valence-corrected chi connectivity index (χ2v) is 7.46. The molecule has 0 saturated heterocycles. The van der Waals surface area contributed by atoms with Crippen molar-refractivity contribution in [2.75, 3.05) is 10.2 Å². The third-order valence-corrected chi connectivity index (χ3v) is 5.25. The van der Waals surface area contributed by atoms with Crippen LogP contribution in [0.4, 0.5) is 15.8 Å². The maximum absolute atomic E-state index is 14.1. The van der Waals surface area contributed by atoms with Gasteiger partial charge >= 0.3 is 0 Å². The van der Waals surface area contributed by atoms with E-state index in [0.29, 0.717) is 5.69 Å². The number of hydrogen-bond acceptors (Lipinski definition) is 3. The second kappa shape index (κ2) is 7.39. The molecular formula is C23H16ClFN2O3. The summed E-state index contributed by atoms with van der Waals surface area (Å²) in [4.78, 5) is 39.6. The number of halogens is 2. The van der Waals surface area contributed by atoms with Crippen LogP contribution in [0.25, 0.3) is 0 Å². The number of hydrogen-bond donors (Lipinski definition) is 1. The molecule has 1 heterocycles. The van der Waals surface area contributed by atoms with Gasteiger partial charge in [0.05, 0.1) is 27.5 Å². The van der Waals surface area contributed by atoms with Crippen LogP contribution in [-0.2, 0) is 0 Å². The van der Waals surface area contributed by atoms with Crippen LogP contribution in [0.2, 0.25) is 5.02 Å². The summed E-state index contributed by atoms with van der Waals surface area (Å²) in [6.45, 7) is 3.69. The lowest BCUT2D eigenvalue weighted by Crippen LogP contribution is -2.30. The van der Waals surface area contributed by atoms with Crippen LogP contribution < -0.4 is 10.2 Å². The number of rotatable bonds is 3. The minimum atomic E-state index is -0.749. The van der Waals surface area contributed by atoms with Gasteiger partial charge in [-0.2, -0.15) is 0 Å². The van der Waals surface area contributed by atoms with Crippen molar-refractivity contribution in [3.05, 3.63) is 93.3 Å². The standard InChI is InChI=1S/C23H16ClFN2O3/c1-12-6-7-13(2)19(10-12)27-22(29)15-9-8-14(11-16(15)23(27)30)21(28)26-18-5-3-4-17(24)20(18)25/h3-11H,1-2H3,(H,26,28). The molecule has 30 heavy (non-hydrogen) atoms. The molecule has 0 aliphatic carbocycles. The molecule has 0 aromatic heterocycles. The summed E-state index contributed by atoms with van der Waals surface area (Å²) in [5, 5.41) is 2.32. The van der Waals surface area contributed by atoms with Crippen molar-refractivity contribution in [1.82, 2.24) is 0 Å². The lowest BCUT2D eigenvalue weighted by Gasteiger charge is -2.17. The first kappa shape index (κ1) is 19.8. The number of nitrogens with one attached hydrogen (secondary N) is 1. The number of amides is 3. The van der Waals surface area contributed by atoms with Gasteiger partial charge < -0.3 is 5.32 Å². The van der Waals surface area contributed by atoms with Crippen molar-refractivity contribution in [3.8, 4) is 0 Å². The van der Waals surface area contributed by atoms with Crippen molar-refractivity contribution in [1.29, 1.82) is 0 Å². The Kier molecular flexibility index (Phi) is 4.87. The molecule has 0 atom stereocenters. The van der Waals surface area contributed by atoms with Crippen molar-refractivity contribution in [2.45, 2.75) is 13.8 Å². The number of nitrogens with zero attached hydrogens (tertiary/aromatic N) is 1. The lowest BCUT2D eigenvalue weighted by molar-refractivity contribution is 0.0925. The van der Waals surface area contributed by atoms with Gasteiger partial charge in [0.15, 0.2) is 5.82 Å². The summed E-state index contributed by atoms with van der Waals surface area (Å²) in [5.41, 5.74) is 2.59. The molecule has 3 aromatic rings. The maximum Gasteiger partial charge on any atom is 0.266 e.